The Morgan fingerprint density at radius 1 is 1.06 bits per heavy atom. The number of pyridine rings is 1. The molecule has 176 valence electrons. The van der Waals surface area contributed by atoms with E-state index in [0.29, 0.717) is 16.2 Å². The Labute approximate surface area is 205 Å². The van der Waals surface area contributed by atoms with Crippen LogP contribution >= 0.6 is 11.6 Å². The molecule has 6 nitrogen and oxygen atoms in total. The summed E-state index contributed by atoms with van der Waals surface area (Å²) in [5.41, 5.74) is 2.07. The average Bonchev–Trinajstić information content (AvgIpc) is 3.02. The fourth-order valence-corrected chi connectivity index (χ4v) is 3.76. The lowest BCUT2D eigenvalue weighted by Gasteiger charge is -2.32. The lowest BCUT2D eigenvalue weighted by molar-refractivity contribution is 0.00578. The number of rotatable bonds is 6. The van der Waals surface area contributed by atoms with Crippen LogP contribution in [0.25, 0.3) is 17.0 Å². The predicted molar refractivity (Wildman–Crippen MR) is 135 cm³/mol. The van der Waals surface area contributed by atoms with Crippen LogP contribution in [0.4, 0.5) is 4.79 Å². The summed E-state index contributed by atoms with van der Waals surface area (Å²) in [6.07, 6.45) is 1.33. The number of halogens is 1. The number of nitrogens with one attached hydrogen (secondary N) is 1. The number of aromatic nitrogens is 1. The van der Waals surface area contributed by atoms with E-state index < -0.39 is 24.4 Å². The number of carbonyl (C=O) groups excluding carboxylic acids is 1. The summed E-state index contributed by atoms with van der Waals surface area (Å²) in [7, 11) is -0.665. The summed E-state index contributed by atoms with van der Waals surface area (Å²) in [5, 5.41) is 4.13. The SMILES string of the molecule is CC1(C)OB(C(=Cc2cc3ccccc3nc2Cl)CNC(=O)OCc2ccccc2)OC1(C)C. The predicted octanol–water partition coefficient (Wildman–Crippen LogP) is 5.83. The zero-order chi connectivity index (χ0) is 24.3. The molecule has 0 spiro atoms. The van der Waals surface area contributed by atoms with E-state index in [0.717, 1.165) is 16.5 Å². The molecule has 2 heterocycles. The van der Waals surface area contributed by atoms with Gasteiger partial charge in [0, 0.05) is 17.5 Å². The lowest BCUT2D eigenvalue weighted by atomic mass is 9.77. The van der Waals surface area contributed by atoms with Gasteiger partial charge >= 0.3 is 13.2 Å². The smallest absolute Gasteiger partial charge is 0.445 e. The summed E-state index contributed by atoms with van der Waals surface area (Å²) in [5.74, 6) is 0. The number of fused-ring (bicyclic) bond motifs is 1. The van der Waals surface area contributed by atoms with Crippen LogP contribution in [0.5, 0.6) is 0 Å². The third kappa shape index (κ3) is 5.44. The molecule has 1 aliphatic rings. The third-order valence-electron chi connectivity index (χ3n) is 6.25. The van der Waals surface area contributed by atoms with Gasteiger partial charge in [0.1, 0.15) is 11.8 Å². The second kappa shape index (κ2) is 9.78. The summed E-state index contributed by atoms with van der Waals surface area (Å²) in [6.45, 7) is 8.27. The molecule has 34 heavy (non-hydrogen) atoms. The molecule has 0 radical (unpaired) electrons. The van der Waals surface area contributed by atoms with Crippen molar-refractivity contribution in [1.29, 1.82) is 0 Å². The Hall–Kier alpha value is -2.87. The third-order valence-corrected chi connectivity index (χ3v) is 6.55. The minimum Gasteiger partial charge on any atom is -0.445 e. The van der Waals surface area contributed by atoms with Crippen molar-refractivity contribution in [3.63, 3.8) is 0 Å². The van der Waals surface area contributed by atoms with E-state index in [1.807, 2.05) is 94.4 Å². The maximum atomic E-state index is 12.4. The van der Waals surface area contributed by atoms with Crippen LogP contribution < -0.4 is 5.32 Å². The summed E-state index contributed by atoms with van der Waals surface area (Å²) in [4.78, 5) is 16.9. The van der Waals surface area contributed by atoms with E-state index in [1.54, 1.807) is 0 Å². The van der Waals surface area contributed by atoms with Gasteiger partial charge in [0.25, 0.3) is 0 Å². The molecular weight excluding hydrogens is 451 g/mol. The minimum absolute atomic E-state index is 0.160. The molecular formula is C26H28BClN2O4. The van der Waals surface area contributed by atoms with Gasteiger partial charge < -0.3 is 19.4 Å². The van der Waals surface area contributed by atoms with Crippen LogP contribution in [-0.2, 0) is 20.7 Å². The molecule has 3 aromatic rings. The van der Waals surface area contributed by atoms with Crippen LogP contribution in [-0.4, -0.2) is 35.9 Å². The van der Waals surface area contributed by atoms with E-state index in [-0.39, 0.29) is 13.2 Å². The largest absolute Gasteiger partial charge is 0.492 e. The number of benzene rings is 2. The number of nitrogens with zero attached hydrogens (tertiary/aromatic N) is 1. The monoisotopic (exact) mass is 478 g/mol. The molecule has 8 heteroatoms. The van der Waals surface area contributed by atoms with Crippen molar-refractivity contribution in [3.05, 3.63) is 82.4 Å². The maximum Gasteiger partial charge on any atom is 0.492 e. The standard InChI is InChI=1S/C26H28BClN2O4/c1-25(2)26(3,4)34-27(33-25)21(16-29-24(31)32-17-18-10-6-5-7-11-18)15-20-14-19-12-8-9-13-22(19)30-23(20)28/h5-15H,16-17H2,1-4H3,(H,29,31). The van der Waals surface area contributed by atoms with Gasteiger partial charge in [-0.3, -0.25) is 0 Å². The Morgan fingerprint density at radius 3 is 2.41 bits per heavy atom. The zero-order valence-electron chi connectivity index (χ0n) is 19.8. The van der Waals surface area contributed by atoms with Crippen LogP contribution in [0, 0.1) is 0 Å². The van der Waals surface area contributed by atoms with Gasteiger partial charge in [-0.05, 0) is 50.9 Å². The Kier molecular flexibility index (Phi) is 6.98. The van der Waals surface area contributed by atoms with E-state index in [2.05, 4.69) is 10.3 Å². The van der Waals surface area contributed by atoms with Gasteiger partial charge in [-0.2, -0.15) is 0 Å². The van der Waals surface area contributed by atoms with Crippen molar-refractivity contribution >= 4 is 41.8 Å². The van der Waals surface area contributed by atoms with Gasteiger partial charge in [-0.1, -0.05) is 66.2 Å². The van der Waals surface area contributed by atoms with Gasteiger partial charge in [0.2, 0.25) is 0 Å². The number of para-hydroxylation sites is 1. The van der Waals surface area contributed by atoms with Crippen molar-refractivity contribution in [2.75, 3.05) is 6.54 Å². The highest BCUT2D eigenvalue weighted by atomic mass is 35.5. The molecule has 1 aliphatic heterocycles. The number of carbonyl (C=O) groups is 1. The van der Waals surface area contributed by atoms with Gasteiger partial charge in [0.05, 0.1) is 16.7 Å². The van der Waals surface area contributed by atoms with E-state index in [4.69, 9.17) is 25.6 Å². The average molecular weight is 479 g/mol. The first-order valence-corrected chi connectivity index (χ1v) is 11.6. The molecule has 1 fully saturated rings. The van der Waals surface area contributed by atoms with E-state index >= 15 is 0 Å². The fourth-order valence-electron chi connectivity index (χ4n) is 3.55. The van der Waals surface area contributed by atoms with Crippen LogP contribution in [0.15, 0.2) is 66.1 Å². The first kappa shape index (κ1) is 24.3. The second-order valence-corrected chi connectivity index (χ2v) is 9.64. The molecule has 0 saturated carbocycles. The van der Waals surface area contributed by atoms with Crippen LogP contribution in [0.3, 0.4) is 0 Å². The molecule has 4 rings (SSSR count). The highest BCUT2D eigenvalue weighted by Crippen LogP contribution is 2.39. The Balaban J connectivity index is 1.56. The normalized spacial score (nSPS) is 17.1. The van der Waals surface area contributed by atoms with Crippen molar-refractivity contribution in [2.45, 2.75) is 45.5 Å². The topological polar surface area (TPSA) is 69.7 Å². The van der Waals surface area contributed by atoms with Crippen molar-refractivity contribution < 1.29 is 18.8 Å². The molecule has 2 aromatic carbocycles. The maximum absolute atomic E-state index is 12.4. The highest BCUT2D eigenvalue weighted by Gasteiger charge is 2.52. The lowest BCUT2D eigenvalue weighted by Crippen LogP contribution is -2.41. The van der Waals surface area contributed by atoms with E-state index in [1.165, 1.54) is 0 Å². The van der Waals surface area contributed by atoms with Crippen molar-refractivity contribution in [3.8, 4) is 0 Å². The van der Waals surface area contributed by atoms with E-state index in [9.17, 15) is 4.79 Å². The Morgan fingerprint density at radius 2 is 1.71 bits per heavy atom. The molecule has 1 N–H and O–H groups in total. The zero-order valence-corrected chi connectivity index (χ0v) is 20.6. The summed E-state index contributed by atoms with van der Waals surface area (Å²) >= 11 is 6.50. The second-order valence-electron chi connectivity index (χ2n) is 9.28. The Bertz CT molecular complexity index is 1200. The first-order valence-electron chi connectivity index (χ1n) is 11.2. The van der Waals surface area contributed by atoms with Gasteiger partial charge in [0.15, 0.2) is 0 Å². The summed E-state index contributed by atoms with van der Waals surface area (Å²) < 4.78 is 17.8. The van der Waals surface area contributed by atoms with Gasteiger partial charge in [-0.15, -0.1) is 0 Å². The highest BCUT2D eigenvalue weighted by molar-refractivity contribution is 6.56. The van der Waals surface area contributed by atoms with Crippen LogP contribution in [0.1, 0.15) is 38.8 Å². The molecule has 0 aliphatic carbocycles. The number of alkyl carbamates (subject to hydrolysis) is 1. The van der Waals surface area contributed by atoms with Crippen molar-refractivity contribution in [2.24, 2.45) is 0 Å². The first-order chi connectivity index (χ1) is 16.1. The fraction of sp³-hybridized carbons (Fsp3) is 0.308. The number of hydrogen-bond acceptors (Lipinski definition) is 5. The van der Waals surface area contributed by atoms with Gasteiger partial charge in [-0.25, -0.2) is 9.78 Å². The number of ether oxygens (including phenoxy) is 1. The van der Waals surface area contributed by atoms with Crippen LogP contribution in [0.2, 0.25) is 5.15 Å². The van der Waals surface area contributed by atoms with Crippen molar-refractivity contribution in [1.82, 2.24) is 10.3 Å². The molecule has 0 bridgehead atoms. The number of hydrogen-bond donors (Lipinski definition) is 1. The molecule has 0 atom stereocenters. The molecule has 1 aromatic heterocycles. The number of amides is 1. The minimum atomic E-state index is -0.665. The molecule has 1 amide bonds. The quantitative estimate of drug-likeness (QED) is 0.356. The molecule has 0 unspecified atom stereocenters. The molecule has 1 saturated heterocycles. The summed E-state index contributed by atoms with van der Waals surface area (Å²) in [6, 6.07) is 19.2.